The van der Waals surface area contributed by atoms with Crippen LogP contribution in [-0.2, 0) is 6.54 Å². The Morgan fingerprint density at radius 3 is 2.48 bits per heavy atom. The highest BCUT2D eigenvalue weighted by atomic mass is 19.1. The first-order chi connectivity index (χ1) is 12.0. The van der Waals surface area contributed by atoms with E-state index in [0.717, 1.165) is 16.8 Å². The van der Waals surface area contributed by atoms with Crippen LogP contribution in [0.4, 0.5) is 21.8 Å². The molecular formula is C19H20FN5. The SMILES string of the molecule is Cc1cc(C)c(Nc2cnnc(NCc3ccccc3F)n2)c(C)c1. The molecule has 3 rings (SSSR count). The molecule has 0 radical (unpaired) electrons. The predicted molar refractivity (Wildman–Crippen MR) is 97.5 cm³/mol. The van der Waals surface area contributed by atoms with Gasteiger partial charge in [-0.05, 0) is 38.0 Å². The zero-order valence-corrected chi connectivity index (χ0v) is 14.5. The Labute approximate surface area is 146 Å². The van der Waals surface area contributed by atoms with Crippen LogP contribution in [0.25, 0.3) is 0 Å². The molecule has 2 N–H and O–H groups in total. The van der Waals surface area contributed by atoms with E-state index in [1.807, 2.05) is 13.8 Å². The van der Waals surface area contributed by atoms with E-state index in [4.69, 9.17) is 0 Å². The quantitative estimate of drug-likeness (QED) is 0.727. The number of hydrogen-bond acceptors (Lipinski definition) is 5. The second-order valence-electron chi connectivity index (χ2n) is 6.01. The second kappa shape index (κ2) is 7.25. The van der Waals surface area contributed by atoms with E-state index in [1.165, 1.54) is 11.6 Å². The van der Waals surface area contributed by atoms with Crippen molar-refractivity contribution in [2.45, 2.75) is 27.3 Å². The van der Waals surface area contributed by atoms with Crippen LogP contribution in [0.15, 0.2) is 42.6 Å². The van der Waals surface area contributed by atoms with Crippen molar-refractivity contribution >= 4 is 17.5 Å². The van der Waals surface area contributed by atoms with Gasteiger partial charge < -0.3 is 10.6 Å². The number of benzene rings is 2. The number of hydrogen-bond donors (Lipinski definition) is 2. The molecule has 0 saturated carbocycles. The molecule has 0 atom stereocenters. The first-order valence-electron chi connectivity index (χ1n) is 8.05. The van der Waals surface area contributed by atoms with Crippen molar-refractivity contribution in [2.24, 2.45) is 0 Å². The fourth-order valence-electron chi connectivity index (χ4n) is 2.76. The van der Waals surface area contributed by atoms with Crippen LogP contribution >= 0.6 is 0 Å². The van der Waals surface area contributed by atoms with Gasteiger partial charge in [0.15, 0.2) is 5.82 Å². The summed E-state index contributed by atoms with van der Waals surface area (Å²) in [6.45, 7) is 6.46. The maximum atomic E-state index is 13.7. The van der Waals surface area contributed by atoms with Gasteiger partial charge in [-0.2, -0.15) is 10.1 Å². The van der Waals surface area contributed by atoms with Gasteiger partial charge in [0.1, 0.15) is 5.82 Å². The number of aromatic nitrogens is 3. The van der Waals surface area contributed by atoms with Crippen molar-refractivity contribution < 1.29 is 4.39 Å². The molecule has 0 fully saturated rings. The maximum absolute atomic E-state index is 13.7. The van der Waals surface area contributed by atoms with E-state index >= 15 is 0 Å². The van der Waals surface area contributed by atoms with Crippen molar-refractivity contribution in [3.05, 3.63) is 70.7 Å². The Balaban J connectivity index is 1.75. The normalized spacial score (nSPS) is 10.6. The molecule has 2 aromatic carbocycles. The van der Waals surface area contributed by atoms with Gasteiger partial charge in [0.25, 0.3) is 0 Å². The number of rotatable bonds is 5. The molecule has 0 aliphatic heterocycles. The molecule has 0 saturated heterocycles. The lowest BCUT2D eigenvalue weighted by Crippen LogP contribution is -2.08. The molecule has 5 nitrogen and oxygen atoms in total. The van der Waals surface area contributed by atoms with Gasteiger partial charge in [0.2, 0.25) is 5.95 Å². The Morgan fingerprint density at radius 2 is 1.76 bits per heavy atom. The zero-order valence-electron chi connectivity index (χ0n) is 14.5. The molecule has 6 heteroatoms. The van der Waals surface area contributed by atoms with Crippen LogP contribution in [0.2, 0.25) is 0 Å². The molecule has 0 bridgehead atoms. The Bertz CT molecular complexity index is 871. The monoisotopic (exact) mass is 337 g/mol. The number of nitrogens with zero attached hydrogens (tertiary/aromatic N) is 3. The van der Waals surface area contributed by atoms with Crippen molar-refractivity contribution in [3.63, 3.8) is 0 Å². The molecular weight excluding hydrogens is 317 g/mol. The lowest BCUT2D eigenvalue weighted by atomic mass is 10.1. The fraction of sp³-hybridized carbons (Fsp3) is 0.211. The highest BCUT2D eigenvalue weighted by Gasteiger charge is 2.07. The molecule has 128 valence electrons. The van der Waals surface area contributed by atoms with Gasteiger partial charge in [-0.15, -0.1) is 5.10 Å². The summed E-state index contributed by atoms with van der Waals surface area (Å²) >= 11 is 0. The molecule has 25 heavy (non-hydrogen) atoms. The van der Waals surface area contributed by atoms with Crippen LogP contribution in [0, 0.1) is 26.6 Å². The van der Waals surface area contributed by atoms with E-state index in [1.54, 1.807) is 24.4 Å². The van der Waals surface area contributed by atoms with Crippen molar-refractivity contribution in [1.29, 1.82) is 0 Å². The molecule has 0 unspecified atom stereocenters. The molecule has 3 aromatic rings. The first kappa shape index (κ1) is 16.8. The van der Waals surface area contributed by atoms with Gasteiger partial charge >= 0.3 is 0 Å². The van der Waals surface area contributed by atoms with E-state index in [0.29, 0.717) is 23.9 Å². The summed E-state index contributed by atoms with van der Waals surface area (Å²) in [5, 5.41) is 14.2. The number of anilines is 3. The van der Waals surface area contributed by atoms with E-state index in [9.17, 15) is 4.39 Å². The highest BCUT2D eigenvalue weighted by Crippen LogP contribution is 2.25. The Kier molecular flexibility index (Phi) is 4.88. The topological polar surface area (TPSA) is 62.7 Å². The Hall–Kier alpha value is -3.02. The fourth-order valence-corrected chi connectivity index (χ4v) is 2.76. The van der Waals surface area contributed by atoms with Gasteiger partial charge in [-0.25, -0.2) is 4.39 Å². The third-order valence-electron chi connectivity index (χ3n) is 3.88. The minimum Gasteiger partial charge on any atom is -0.349 e. The first-order valence-corrected chi connectivity index (χ1v) is 8.05. The van der Waals surface area contributed by atoms with Crippen molar-refractivity contribution in [1.82, 2.24) is 15.2 Å². The van der Waals surface area contributed by atoms with Crippen LogP contribution in [-0.4, -0.2) is 15.2 Å². The van der Waals surface area contributed by atoms with Gasteiger partial charge in [-0.1, -0.05) is 35.9 Å². The second-order valence-corrected chi connectivity index (χ2v) is 6.01. The molecule has 1 aromatic heterocycles. The molecule has 0 spiro atoms. The number of halogens is 1. The summed E-state index contributed by atoms with van der Waals surface area (Å²) < 4.78 is 13.7. The lowest BCUT2D eigenvalue weighted by molar-refractivity contribution is 0.612. The third-order valence-corrected chi connectivity index (χ3v) is 3.88. The van der Waals surface area contributed by atoms with Crippen LogP contribution < -0.4 is 10.6 Å². The average molecular weight is 337 g/mol. The van der Waals surface area contributed by atoms with Crippen LogP contribution in [0.3, 0.4) is 0 Å². The zero-order chi connectivity index (χ0) is 17.8. The van der Waals surface area contributed by atoms with Crippen molar-refractivity contribution in [3.8, 4) is 0 Å². The van der Waals surface area contributed by atoms with Gasteiger partial charge in [-0.3, -0.25) is 0 Å². The highest BCUT2D eigenvalue weighted by molar-refractivity contribution is 5.65. The smallest absolute Gasteiger partial charge is 0.244 e. The largest absolute Gasteiger partial charge is 0.349 e. The lowest BCUT2D eigenvalue weighted by Gasteiger charge is -2.13. The summed E-state index contributed by atoms with van der Waals surface area (Å²) in [5.41, 5.74) is 5.04. The summed E-state index contributed by atoms with van der Waals surface area (Å²) in [6.07, 6.45) is 1.56. The average Bonchev–Trinajstić information content (AvgIpc) is 2.58. The Morgan fingerprint density at radius 1 is 1.04 bits per heavy atom. The van der Waals surface area contributed by atoms with E-state index < -0.39 is 0 Å². The minimum atomic E-state index is -0.261. The van der Waals surface area contributed by atoms with Gasteiger partial charge in [0, 0.05) is 17.8 Å². The summed E-state index contributed by atoms with van der Waals surface area (Å²) in [5.74, 6) is 0.667. The molecule has 1 heterocycles. The van der Waals surface area contributed by atoms with Crippen molar-refractivity contribution in [2.75, 3.05) is 10.6 Å². The predicted octanol–water partition coefficient (Wildman–Crippen LogP) is 4.29. The summed E-state index contributed by atoms with van der Waals surface area (Å²) in [6, 6.07) is 10.8. The summed E-state index contributed by atoms with van der Waals surface area (Å²) in [7, 11) is 0. The van der Waals surface area contributed by atoms with E-state index in [-0.39, 0.29) is 5.82 Å². The molecule has 0 aliphatic carbocycles. The number of aryl methyl sites for hydroxylation is 3. The number of nitrogens with one attached hydrogen (secondary N) is 2. The van der Waals surface area contributed by atoms with E-state index in [2.05, 4.69) is 44.9 Å². The standard InChI is InChI=1S/C19H20FN5/c1-12-8-13(2)18(14(3)9-12)23-17-11-22-25-19(24-17)21-10-15-6-4-5-7-16(15)20/h4-9,11H,10H2,1-3H3,(H2,21,23,24,25). The van der Waals surface area contributed by atoms with Gasteiger partial charge in [0.05, 0.1) is 6.20 Å². The van der Waals surface area contributed by atoms with Crippen LogP contribution in [0.5, 0.6) is 0 Å². The maximum Gasteiger partial charge on any atom is 0.244 e. The molecule has 0 amide bonds. The third kappa shape index (κ3) is 4.09. The minimum absolute atomic E-state index is 0.261. The van der Waals surface area contributed by atoms with Crippen LogP contribution in [0.1, 0.15) is 22.3 Å². The molecule has 0 aliphatic rings. The summed E-state index contributed by atoms with van der Waals surface area (Å²) in [4.78, 5) is 4.40.